The summed E-state index contributed by atoms with van der Waals surface area (Å²) in [5, 5.41) is 6.40. The number of carbonyl (C=O) groups is 1. The lowest BCUT2D eigenvalue weighted by atomic mass is 9.98. The van der Waals surface area contributed by atoms with Gasteiger partial charge in [-0.2, -0.15) is 5.10 Å². The van der Waals surface area contributed by atoms with E-state index < -0.39 is 0 Å². The van der Waals surface area contributed by atoms with Gasteiger partial charge in [0.25, 0.3) is 5.91 Å². The van der Waals surface area contributed by atoms with Crippen LogP contribution in [0.1, 0.15) is 23.6 Å². The van der Waals surface area contributed by atoms with Crippen LogP contribution in [0.25, 0.3) is 0 Å². The van der Waals surface area contributed by atoms with Gasteiger partial charge in [-0.15, -0.1) is 0 Å². The molecular weight excluding hydrogens is 354 g/mol. The van der Waals surface area contributed by atoms with Gasteiger partial charge in [-0.3, -0.25) is 9.69 Å². The Hall–Kier alpha value is -2.70. The van der Waals surface area contributed by atoms with Crippen LogP contribution in [-0.4, -0.2) is 61.5 Å². The fourth-order valence-corrected chi connectivity index (χ4v) is 3.65. The molecule has 2 aromatic rings. The van der Waals surface area contributed by atoms with E-state index in [1.807, 2.05) is 54.6 Å². The molecule has 6 heteroatoms. The maximum absolute atomic E-state index is 13.1. The monoisotopic (exact) mass is 379 g/mol. The lowest BCUT2D eigenvalue weighted by Gasteiger charge is -2.29. The number of hydrogen-bond donors (Lipinski definition) is 0. The smallest absolute Gasteiger partial charge is 0.257 e. The van der Waals surface area contributed by atoms with E-state index in [0.29, 0.717) is 26.2 Å². The summed E-state index contributed by atoms with van der Waals surface area (Å²) in [5.74, 6) is 0.825. The van der Waals surface area contributed by atoms with Gasteiger partial charge < -0.3 is 9.47 Å². The van der Waals surface area contributed by atoms with Gasteiger partial charge in [-0.05, 0) is 23.3 Å². The van der Waals surface area contributed by atoms with Gasteiger partial charge in [-0.1, -0.05) is 42.5 Å². The van der Waals surface area contributed by atoms with Crippen molar-refractivity contribution in [2.24, 2.45) is 5.10 Å². The summed E-state index contributed by atoms with van der Waals surface area (Å²) in [6, 6.07) is 17.9. The zero-order chi connectivity index (χ0) is 19.3. The molecular formula is C22H25N3O3. The summed E-state index contributed by atoms with van der Waals surface area (Å²) in [4.78, 5) is 15.2. The summed E-state index contributed by atoms with van der Waals surface area (Å²) in [6.45, 7) is 3.27. The molecule has 0 N–H and O–H groups in total. The summed E-state index contributed by atoms with van der Waals surface area (Å²) >= 11 is 0. The summed E-state index contributed by atoms with van der Waals surface area (Å²) in [6.07, 6.45) is 0.700. The zero-order valence-electron chi connectivity index (χ0n) is 16.1. The Kier molecular flexibility index (Phi) is 5.69. The Bertz CT molecular complexity index is 830. The molecule has 28 heavy (non-hydrogen) atoms. The van der Waals surface area contributed by atoms with E-state index in [2.05, 4.69) is 4.90 Å². The normalized spacial score (nSPS) is 20.1. The molecule has 146 valence electrons. The average Bonchev–Trinajstić information content (AvgIpc) is 3.21. The highest BCUT2D eigenvalue weighted by molar-refractivity contribution is 6.03. The van der Waals surface area contributed by atoms with Crippen molar-refractivity contribution in [3.05, 3.63) is 65.7 Å². The van der Waals surface area contributed by atoms with Crippen LogP contribution in [0.3, 0.4) is 0 Å². The quantitative estimate of drug-likeness (QED) is 0.802. The highest BCUT2D eigenvalue weighted by Crippen LogP contribution is 2.33. The maximum atomic E-state index is 13.1. The molecule has 0 bridgehead atoms. The molecule has 0 radical (unpaired) electrons. The summed E-state index contributed by atoms with van der Waals surface area (Å²) < 4.78 is 10.7. The number of amides is 1. The Labute approximate surface area is 165 Å². The van der Waals surface area contributed by atoms with Gasteiger partial charge in [0.15, 0.2) is 0 Å². The molecule has 6 nitrogen and oxygen atoms in total. The van der Waals surface area contributed by atoms with Crippen molar-refractivity contribution in [3.8, 4) is 5.75 Å². The van der Waals surface area contributed by atoms with Crippen LogP contribution in [0.4, 0.5) is 0 Å². The molecule has 0 spiro atoms. The van der Waals surface area contributed by atoms with E-state index in [-0.39, 0.29) is 11.9 Å². The second-order valence-corrected chi connectivity index (χ2v) is 7.03. The van der Waals surface area contributed by atoms with Gasteiger partial charge in [0, 0.05) is 19.5 Å². The van der Waals surface area contributed by atoms with Gasteiger partial charge in [-0.25, -0.2) is 5.01 Å². The third-order valence-corrected chi connectivity index (χ3v) is 5.24. The zero-order valence-corrected chi connectivity index (χ0v) is 16.1. The van der Waals surface area contributed by atoms with Crippen molar-refractivity contribution in [2.45, 2.75) is 12.5 Å². The molecule has 1 amide bonds. The largest absolute Gasteiger partial charge is 0.497 e. The highest BCUT2D eigenvalue weighted by Gasteiger charge is 2.33. The highest BCUT2D eigenvalue weighted by atomic mass is 16.5. The van der Waals surface area contributed by atoms with Gasteiger partial charge in [0.1, 0.15) is 5.75 Å². The number of benzene rings is 2. The number of methoxy groups -OCH3 is 1. The molecule has 0 aromatic heterocycles. The van der Waals surface area contributed by atoms with E-state index in [0.717, 1.165) is 35.7 Å². The molecule has 1 unspecified atom stereocenters. The lowest BCUT2D eigenvalue weighted by Crippen LogP contribution is -2.43. The summed E-state index contributed by atoms with van der Waals surface area (Å²) in [7, 11) is 1.65. The molecule has 2 heterocycles. The van der Waals surface area contributed by atoms with Crippen LogP contribution < -0.4 is 4.74 Å². The number of morpholine rings is 1. The Morgan fingerprint density at radius 2 is 1.82 bits per heavy atom. The van der Waals surface area contributed by atoms with E-state index in [4.69, 9.17) is 14.6 Å². The molecule has 1 fully saturated rings. The van der Waals surface area contributed by atoms with Gasteiger partial charge >= 0.3 is 0 Å². The molecule has 1 atom stereocenters. The number of carbonyl (C=O) groups excluding carboxylic acids is 1. The SMILES string of the molecule is COc1ccc(C2CC(c3ccccc3)=NN2C(=O)CN2CCOCC2)cc1. The standard InChI is InChI=1S/C22H25N3O3/c1-27-19-9-7-18(8-10-19)21-15-20(17-5-3-2-4-6-17)23-25(21)22(26)16-24-11-13-28-14-12-24/h2-10,21H,11-16H2,1H3. The van der Waals surface area contributed by atoms with Crippen LogP contribution in [-0.2, 0) is 9.53 Å². The van der Waals surface area contributed by atoms with Gasteiger partial charge in [0.2, 0.25) is 0 Å². The molecule has 1 saturated heterocycles. The predicted octanol–water partition coefficient (Wildman–Crippen LogP) is 2.71. The number of hydrazone groups is 1. The van der Waals surface area contributed by atoms with Crippen LogP contribution in [0.15, 0.2) is 59.7 Å². The first-order chi connectivity index (χ1) is 13.7. The first kappa shape index (κ1) is 18.7. The van der Waals surface area contributed by atoms with E-state index in [1.54, 1.807) is 12.1 Å². The lowest BCUT2D eigenvalue weighted by molar-refractivity contribution is -0.135. The second kappa shape index (κ2) is 8.54. The molecule has 2 aliphatic rings. The molecule has 0 saturated carbocycles. The minimum Gasteiger partial charge on any atom is -0.497 e. The number of hydrogen-bond acceptors (Lipinski definition) is 5. The summed E-state index contributed by atoms with van der Waals surface area (Å²) in [5.41, 5.74) is 3.06. The van der Waals surface area contributed by atoms with Crippen molar-refractivity contribution in [1.82, 2.24) is 9.91 Å². The van der Waals surface area contributed by atoms with Crippen molar-refractivity contribution in [2.75, 3.05) is 40.0 Å². The molecule has 4 rings (SSSR count). The van der Waals surface area contributed by atoms with Gasteiger partial charge in [0.05, 0.1) is 38.6 Å². The Balaban J connectivity index is 1.58. The first-order valence-electron chi connectivity index (χ1n) is 9.63. The number of nitrogens with zero attached hydrogens (tertiary/aromatic N) is 3. The van der Waals surface area contributed by atoms with E-state index in [1.165, 1.54) is 0 Å². The third-order valence-electron chi connectivity index (χ3n) is 5.24. The number of rotatable bonds is 5. The number of ether oxygens (including phenoxy) is 2. The molecule has 2 aromatic carbocycles. The average molecular weight is 379 g/mol. The first-order valence-corrected chi connectivity index (χ1v) is 9.63. The van der Waals surface area contributed by atoms with E-state index in [9.17, 15) is 4.79 Å². The van der Waals surface area contributed by atoms with E-state index >= 15 is 0 Å². The minimum atomic E-state index is -0.102. The van der Waals surface area contributed by atoms with Crippen LogP contribution in [0, 0.1) is 0 Å². The van der Waals surface area contributed by atoms with Crippen LogP contribution in [0.2, 0.25) is 0 Å². The van der Waals surface area contributed by atoms with Crippen LogP contribution >= 0.6 is 0 Å². The van der Waals surface area contributed by atoms with Crippen molar-refractivity contribution >= 4 is 11.6 Å². The van der Waals surface area contributed by atoms with Crippen molar-refractivity contribution in [3.63, 3.8) is 0 Å². The fourth-order valence-electron chi connectivity index (χ4n) is 3.65. The van der Waals surface area contributed by atoms with Crippen LogP contribution in [0.5, 0.6) is 5.75 Å². The Morgan fingerprint density at radius 3 is 2.50 bits per heavy atom. The predicted molar refractivity (Wildman–Crippen MR) is 107 cm³/mol. The van der Waals surface area contributed by atoms with Crippen molar-refractivity contribution in [1.29, 1.82) is 0 Å². The second-order valence-electron chi connectivity index (χ2n) is 7.03. The Morgan fingerprint density at radius 1 is 1.11 bits per heavy atom. The minimum absolute atomic E-state index is 0.0219. The maximum Gasteiger partial charge on any atom is 0.257 e. The topological polar surface area (TPSA) is 54.4 Å². The molecule has 2 aliphatic heterocycles. The third kappa shape index (κ3) is 4.08. The fraction of sp³-hybridized carbons (Fsp3) is 0.364. The molecule has 0 aliphatic carbocycles. The van der Waals surface area contributed by atoms with Crippen molar-refractivity contribution < 1.29 is 14.3 Å².